The lowest BCUT2D eigenvalue weighted by Gasteiger charge is -2.12. The Balaban J connectivity index is 1.59. The summed E-state index contributed by atoms with van der Waals surface area (Å²) in [5, 5.41) is 6.94. The number of benzene rings is 2. The van der Waals surface area contributed by atoms with Gasteiger partial charge in [-0.3, -0.25) is 9.59 Å². The molecule has 0 bridgehead atoms. The van der Waals surface area contributed by atoms with Gasteiger partial charge in [-0.25, -0.2) is 4.68 Å². The van der Waals surface area contributed by atoms with Crippen molar-refractivity contribution in [1.82, 2.24) is 15.1 Å². The first-order valence-electron chi connectivity index (χ1n) is 9.48. The fraction of sp³-hybridized carbons (Fsp3) is 0.227. The fourth-order valence-corrected chi connectivity index (χ4v) is 2.93. The summed E-state index contributed by atoms with van der Waals surface area (Å²) in [5.74, 6) is -0.274. The topological polar surface area (TPSA) is 82.5 Å². The van der Waals surface area contributed by atoms with Crippen molar-refractivity contribution in [2.24, 2.45) is 0 Å². The molecule has 1 amide bonds. The molecule has 1 aromatic heterocycles. The molecule has 3 rings (SSSR count). The number of aromatic nitrogens is 2. The molecule has 3 aromatic rings. The number of carbonyl (C=O) groups excluding carboxylic acids is 1. The van der Waals surface area contributed by atoms with E-state index in [9.17, 15) is 18.4 Å². The zero-order valence-corrected chi connectivity index (χ0v) is 16.8. The lowest BCUT2D eigenvalue weighted by atomic mass is 10.1. The van der Waals surface area contributed by atoms with E-state index in [0.717, 1.165) is 10.2 Å². The van der Waals surface area contributed by atoms with Crippen molar-refractivity contribution in [1.29, 1.82) is 0 Å². The summed E-state index contributed by atoms with van der Waals surface area (Å²) >= 11 is 0. The van der Waals surface area contributed by atoms with Crippen LogP contribution in [0.1, 0.15) is 5.56 Å². The van der Waals surface area contributed by atoms with Gasteiger partial charge in [0.05, 0.1) is 12.8 Å². The number of alkyl halides is 2. The van der Waals surface area contributed by atoms with Crippen molar-refractivity contribution in [3.8, 4) is 22.8 Å². The van der Waals surface area contributed by atoms with Crippen LogP contribution >= 0.6 is 0 Å². The molecule has 0 aliphatic carbocycles. The Hall–Kier alpha value is -3.75. The van der Waals surface area contributed by atoms with Gasteiger partial charge in [0.25, 0.3) is 5.56 Å². The summed E-state index contributed by atoms with van der Waals surface area (Å²) in [5.41, 5.74) is 1.70. The van der Waals surface area contributed by atoms with Crippen LogP contribution in [0.2, 0.25) is 0 Å². The highest BCUT2D eigenvalue weighted by Crippen LogP contribution is 2.29. The first-order chi connectivity index (χ1) is 15.0. The van der Waals surface area contributed by atoms with Crippen LogP contribution < -0.4 is 20.3 Å². The van der Waals surface area contributed by atoms with E-state index in [-0.39, 0.29) is 24.6 Å². The highest BCUT2D eigenvalue weighted by Gasteiger charge is 2.12. The summed E-state index contributed by atoms with van der Waals surface area (Å²) in [6.07, 6.45) is 0.377. The molecule has 1 heterocycles. The van der Waals surface area contributed by atoms with Crippen LogP contribution in [-0.2, 0) is 17.8 Å². The largest absolute Gasteiger partial charge is 0.493 e. The minimum Gasteiger partial charge on any atom is -0.493 e. The molecule has 1 N–H and O–H groups in total. The van der Waals surface area contributed by atoms with E-state index in [2.05, 4.69) is 15.2 Å². The number of nitrogens with one attached hydrogen (secondary N) is 1. The molecule has 0 atom stereocenters. The maximum absolute atomic E-state index is 12.5. The Kier molecular flexibility index (Phi) is 7.31. The second-order valence-electron chi connectivity index (χ2n) is 6.54. The fourth-order valence-electron chi connectivity index (χ4n) is 2.93. The van der Waals surface area contributed by atoms with Gasteiger partial charge in [0.15, 0.2) is 11.5 Å². The van der Waals surface area contributed by atoms with E-state index >= 15 is 0 Å². The third-order valence-electron chi connectivity index (χ3n) is 4.41. The number of hydrogen-bond acceptors (Lipinski definition) is 5. The van der Waals surface area contributed by atoms with Gasteiger partial charge in [-0.05, 0) is 30.2 Å². The highest BCUT2D eigenvalue weighted by molar-refractivity contribution is 5.75. The van der Waals surface area contributed by atoms with Gasteiger partial charge in [0.1, 0.15) is 6.54 Å². The van der Waals surface area contributed by atoms with Crippen molar-refractivity contribution >= 4 is 5.91 Å². The van der Waals surface area contributed by atoms with Crippen LogP contribution in [0.5, 0.6) is 11.5 Å². The summed E-state index contributed by atoms with van der Waals surface area (Å²) < 4.78 is 35.6. The third-order valence-corrected chi connectivity index (χ3v) is 4.41. The summed E-state index contributed by atoms with van der Waals surface area (Å²) in [4.78, 5) is 24.3. The first kappa shape index (κ1) is 21.9. The molecule has 0 radical (unpaired) electrons. The number of carbonyl (C=O) groups is 1. The molecule has 7 nitrogen and oxygen atoms in total. The Morgan fingerprint density at radius 1 is 1.10 bits per heavy atom. The number of halogens is 2. The van der Waals surface area contributed by atoms with E-state index in [1.807, 2.05) is 30.3 Å². The molecule has 0 saturated heterocycles. The van der Waals surface area contributed by atoms with Gasteiger partial charge in [-0.15, -0.1) is 0 Å². The zero-order valence-electron chi connectivity index (χ0n) is 16.8. The van der Waals surface area contributed by atoms with Crippen molar-refractivity contribution < 1.29 is 23.0 Å². The van der Waals surface area contributed by atoms with Gasteiger partial charge in [-0.2, -0.15) is 13.9 Å². The minimum atomic E-state index is -2.97. The van der Waals surface area contributed by atoms with Gasteiger partial charge in [-0.1, -0.05) is 36.4 Å². The smallest absolute Gasteiger partial charge is 0.387 e. The van der Waals surface area contributed by atoms with E-state index in [1.165, 1.54) is 25.3 Å². The molecule has 2 aromatic carbocycles. The van der Waals surface area contributed by atoms with E-state index in [1.54, 1.807) is 12.1 Å². The quantitative estimate of drug-likeness (QED) is 0.566. The van der Waals surface area contributed by atoms with Gasteiger partial charge in [0, 0.05) is 18.2 Å². The van der Waals surface area contributed by atoms with E-state index in [0.29, 0.717) is 17.7 Å². The highest BCUT2D eigenvalue weighted by atomic mass is 19.3. The Morgan fingerprint density at radius 2 is 1.87 bits per heavy atom. The van der Waals surface area contributed by atoms with Crippen LogP contribution in [-0.4, -0.2) is 36.0 Å². The number of nitrogens with zero attached hydrogens (tertiary/aromatic N) is 2. The van der Waals surface area contributed by atoms with Crippen LogP contribution in [0.15, 0.2) is 65.5 Å². The van der Waals surface area contributed by atoms with Gasteiger partial charge in [0.2, 0.25) is 5.91 Å². The molecule has 0 aliphatic heterocycles. The SMILES string of the molecule is COc1ccc(CCNC(=O)Cn2nc(-c3ccccc3)ccc2=O)cc1OC(F)F. The standard InChI is InChI=1S/C22H21F2N3O4/c1-30-18-9-7-15(13-19(18)31-22(23)24)11-12-25-20(28)14-27-21(29)10-8-17(26-27)16-5-3-2-4-6-16/h2-10,13,22H,11-12,14H2,1H3,(H,25,28). The maximum Gasteiger partial charge on any atom is 0.387 e. The lowest BCUT2D eigenvalue weighted by Crippen LogP contribution is -2.34. The number of rotatable bonds is 9. The molecule has 162 valence electrons. The lowest BCUT2D eigenvalue weighted by molar-refractivity contribution is -0.121. The predicted octanol–water partition coefficient (Wildman–Crippen LogP) is 2.88. The molecule has 0 saturated carbocycles. The first-order valence-corrected chi connectivity index (χ1v) is 9.48. The monoisotopic (exact) mass is 429 g/mol. The Labute approximate surface area is 177 Å². The van der Waals surface area contributed by atoms with Gasteiger partial charge < -0.3 is 14.8 Å². The molecule has 0 spiro atoms. The average molecular weight is 429 g/mol. The molecule has 31 heavy (non-hydrogen) atoms. The number of ether oxygens (including phenoxy) is 2. The molecule has 0 unspecified atom stereocenters. The van der Waals surface area contributed by atoms with Gasteiger partial charge >= 0.3 is 6.61 Å². The zero-order chi connectivity index (χ0) is 22.2. The maximum atomic E-state index is 12.5. The average Bonchev–Trinajstić information content (AvgIpc) is 2.76. The second kappa shape index (κ2) is 10.3. The van der Waals surface area contributed by atoms with E-state index in [4.69, 9.17) is 4.74 Å². The van der Waals surface area contributed by atoms with Crippen molar-refractivity contribution in [2.75, 3.05) is 13.7 Å². The van der Waals surface area contributed by atoms with Crippen molar-refractivity contribution in [3.63, 3.8) is 0 Å². The normalized spacial score (nSPS) is 10.7. The van der Waals surface area contributed by atoms with Crippen LogP contribution in [0, 0.1) is 0 Å². The Bertz CT molecular complexity index is 1090. The molecular weight excluding hydrogens is 408 g/mol. The number of amides is 1. The Morgan fingerprint density at radius 3 is 2.58 bits per heavy atom. The predicted molar refractivity (Wildman–Crippen MR) is 110 cm³/mol. The second-order valence-corrected chi connectivity index (χ2v) is 6.54. The molecule has 9 heteroatoms. The number of hydrogen-bond donors (Lipinski definition) is 1. The molecule has 0 aliphatic rings. The third kappa shape index (κ3) is 6.11. The van der Waals surface area contributed by atoms with Crippen molar-refractivity contribution in [2.45, 2.75) is 19.6 Å². The summed E-state index contributed by atoms with van der Waals surface area (Å²) in [6.45, 7) is -2.96. The van der Waals surface area contributed by atoms with Crippen LogP contribution in [0.3, 0.4) is 0 Å². The minimum absolute atomic E-state index is 0.0743. The summed E-state index contributed by atoms with van der Waals surface area (Å²) in [7, 11) is 1.36. The van der Waals surface area contributed by atoms with Crippen LogP contribution in [0.25, 0.3) is 11.3 Å². The van der Waals surface area contributed by atoms with E-state index < -0.39 is 18.1 Å². The molecular formula is C22H21F2N3O4. The number of methoxy groups -OCH3 is 1. The molecule has 0 fully saturated rings. The van der Waals surface area contributed by atoms with Crippen molar-refractivity contribution in [3.05, 3.63) is 76.6 Å². The summed E-state index contributed by atoms with van der Waals surface area (Å²) in [6, 6.07) is 16.9. The van der Waals surface area contributed by atoms with Crippen LogP contribution in [0.4, 0.5) is 8.78 Å².